The molecule has 0 spiro atoms. The summed E-state index contributed by atoms with van der Waals surface area (Å²) < 4.78 is 0. The average molecular weight is 401 g/mol. The summed E-state index contributed by atoms with van der Waals surface area (Å²) in [4.78, 5) is 8.08. The minimum absolute atomic E-state index is 0. The normalized spacial score (nSPS) is 13.6. The Kier molecular flexibility index (Phi) is 9.28. The topological polar surface area (TPSA) is 53.6 Å². The van der Waals surface area contributed by atoms with Gasteiger partial charge in [0.1, 0.15) is 5.84 Å². The highest BCUT2D eigenvalue weighted by Crippen LogP contribution is 2.30. The maximum atomic E-state index is 6.10. The molecule has 0 radical (unpaired) electrons. The van der Waals surface area contributed by atoms with Crippen molar-refractivity contribution in [1.82, 2.24) is 5.32 Å². The van der Waals surface area contributed by atoms with Gasteiger partial charge in [-0.3, -0.25) is 0 Å². The van der Waals surface area contributed by atoms with E-state index in [0.29, 0.717) is 5.84 Å². The summed E-state index contributed by atoms with van der Waals surface area (Å²) >= 11 is 1.62. The molecule has 0 fully saturated rings. The van der Waals surface area contributed by atoms with Gasteiger partial charge in [0.15, 0.2) is 0 Å². The predicted octanol–water partition coefficient (Wildman–Crippen LogP) is 3.99. The number of rotatable bonds is 6. The number of hydrogen-bond donors (Lipinski definition) is 2. The third kappa shape index (κ3) is 5.61. The van der Waals surface area contributed by atoms with E-state index in [0.717, 1.165) is 43.2 Å². The third-order valence-corrected chi connectivity index (χ3v) is 5.00. The Bertz CT molecular complexity index is 674. The van der Waals surface area contributed by atoms with Gasteiger partial charge in [-0.15, -0.1) is 36.2 Å². The molecule has 1 aliphatic heterocycles. The lowest BCUT2D eigenvalue weighted by Gasteiger charge is -2.31. The van der Waals surface area contributed by atoms with Crippen molar-refractivity contribution in [2.75, 3.05) is 31.1 Å². The highest BCUT2D eigenvalue weighted by atomic mass is 35.5. The molecule has 0 unspecified atom stereocenters. The standard InChI is InChI=1S/C18H24N4S.2ClH/c1-2-20-9-11-22-10-3-5-14-13-15(7-8-16(14)22)21-18(19)17-6-4-12-23-17;;/h4,6-8,12-13,20H,2-3,5,9-11H2,1H3,(H2,19,21);2*1H. The van der Waals surface area contributed by atoms with Crippen molar-refractivity contribution in [2.24, 2.45) is 10.7 Å². The second-order valence-electron chi connectivity index (χ2n) is 5.73. The van der Waals surface area contributed by atoms with Crippen LogP contribution >= 0.6 is 36.2 Å². The van der Waals surface area contributed by atoms with Crippen LogP contribution in [0, 0.1) is 0 Å². The van der Waals surface area contributed by atoms with Gasteiger partial charge in [-0.2, -0.15) is 0 Å². The van der Waals surface area contributed by atoms with E-state index in [1.807, 2.05) is 17.5 Å². The molecule has 2 heterocycles. The minimum Gasteiger partial charge on any atom is -0.383 e. The first-order valence-corrected chi connectivity index (χ1v) is 9.12. The van der Waals surface area contributed by atoms with E-state index in [1.54, 1.807) is 11.3 Å². The smallest absolute Gasteiger partial charge is 0.141 e. The van der Waals surface area contributed by atoms with Crippen molar-refractivity contribution < 1.29 is 0 Å². The molecule has 0 amide bonds. The average Bonchev–Trinajstić information content (AvgIpc) is 3.09. The number of nitrogens with two attached hydrogens (primary N) is 1. The number of thiophene rings is 1. The van der Waals surface area contributed by atoms with Crippen LogP contribution in [0.4, 0.5) is 11.4 Å². The SMILES string of the molecule is CCNCCN1CCCc2cc(N=C(N)c3cccs3)ccc21.Cl.Cl. The van der Waals surface area contributed by atoms with Gasteiger partial charge in [0.2, 0.25) is 0 Å². The zero-order valence-corrected chi connectivity index (χ0v) is 16.9. The van der Waals surface area contributed by atoms with Gasteiger partial charge >= 0.3 is 0 Å². The van der Waals surface area contributed by atoms with E-state index in [2.05, 4.69) is 40.3 Å². The molecule has 1 aliphatic rings. The molecule has 4 nitrogen and oxygen atoms in total. The molecule has 3 N–H and O–H groups in total. The van der Waals surface area contributed by atoms with Crippen LogP contribution in [0.15, 0.2) is 40.7 Å². The fraction of sp³-hybridized carbons (Fsp3) is 0.389. The van der Waals surface area contributed by atoms with E-state index in [4.69, 9.17) is 5.73 Å². The van der Waals surface area contributed by atoms with Gasteiger partial charge < -0.3 is 16.0 Å². The van der Waals surface area contributed by atoms with Gasteiger partial charge in [-0.05, 0) is 54.6 Å². The molecule has 7 heteroatoms. The van der Waals surface area contributed by atoms with Crippen LogP contribution in [0.3, 0.4) is 0 Å². The van der Waals surface area contributed by atoms with Crippen molar-refractivity contribution in [3.8, 4) is 0 Å². The summed E-state index contributed by atoms with van der Waals surface area (Å²) in [5, 5.41) is 5.42. The lowest BCUT2D eigenvalue weighted by atomic mass is 10.0. The number of fused-ring (bicyclic) bond motifs is 1. The first-order chi connectivity index (χ1) is 11.3. The Balaban J connectivity index is 0.00000156. The molecular weight excluding hydrogens is 375 g/mol. The summed E-state index contributed by atoms with van der Waals surface area (Å²) in [6.45, 7) is 6.39. The molecule has 0 bridgehead atoms. The number of aryl methyl sites for hydroxylation is 1. The second kappa shape index (κ2) is 10.7. The minimum atomic E-state index is 0. The summed E-state index contributed by atoms with van der Waals surface area (Å²) in [5.41, 5.74) is 9.78. The number of benzene rings is 1. The number of amidine groups is 1. The summed E-state index contributed by atoms with van der Waals surface area (Å²) in [5.74, 6) is 0.597. The lowest BCUT2D eigenvalue weighted by molar-refractivity contribution is 0.643. The van der Waals surface area contributed by atoms with Crippen LogP contribution in [0.2, 0.25) is 0 Å². The zero-order chi connectivity index (χ0) is 16.1. The summed E-state index contributed by atoms with van der Waals surface area (Å²) in [6.07, 6.45) is 2.32. The number of nitrogens with one attached hydrogen (secondary N) is 1. The number of aliphatic imine (C=N–C) groups is 1. The molecular formula is C18H26Cl2N4S. The molecule has 3 rings (SSSR count). The Hall–Kier alpha value is -1.27. The maximum Gasteiger partial charge on any atom is 0.141 e. The molecule has 1 aromatic heterocycles. The first-order valence-electron chi connectivity index (χ1n) is 8.24. The Morgan fingerprint density at radius 2 is 2.16 bits per heavy atom. The maximum absolute atomic E-state index is 6.10. The molecule has 2 aromatic rings. The summed E-state index contributed by atoms with van der Waals surface area (Å²) in [7, 11) is 0. The molecule has 138 valence electrons. The molecule has 0 aliphatic carbocycles. The molecule has 0 saturated heterocycles. The van der Waals surface area contributed by atoms with Gasteiger partial charge in [0, 0.05) is 25.3 Å². The van der Waals surface area contributed by atoms with Crippen LogP contribution in [0.5, 0.6) is 0 Å². The van der Waals surface area contributed by atoms with E-state index in [-0.39, 0.29) is 24.8 Å². The van der Waals surface area contributed by atoms with Crippen molar-refractivity contribution in [1.29, 1.82) is 0 Å². The fourth-order valence-electron chi connectivity index (χ4n) is 2.97. The van der Waals surface area contributed by atoms with Crippen LogP contribution < -0.4 is 16.0 Å². The molecule has 1 aromatic carbocycles. The number of likely N-dealkylation sites (N-methyl/N-ethyl adjacent to an activating group) is 1. The Labute approximate surface area is 166 Å². The number of hydrogen-bond acceptors (Lipinski definition) is 4. The van der Waals surface area contributed by atoms with Crippen LogP contribution in [0.25, 0.3) is 0 Å². The summed E-state index contributed by atoms with van der Waals surface area (Å²) in [6, 6.07) is 10.5. The van der Waals surface area contributed by atoms with Gasteiger partial charge in [-0.1, -0.05) is 13.0 Å². The Morgan fingerprint density at radius 1 is 1.32 bits per heavy atom. The van der Waals surface area contributed by atoms with E-state index in [9.17, 15) is 0 Å². The van der Waals surface area contributed by atoms with Crippen molar-refractivity contribution in [3.63, 3.8) is 0 Å². The highest BCUT2D eigenvalue weighted by Gasteiger charge is 2.16. The Morgan fingerprint density at radius 3 is 2.88 bits per heavy atom. The van der Waals surface area contributed by atoms with E-state index < -0.39 is 0 Å². The van der Waals surface area contributed by atoms with Gasteiger partial charge in [0.25, 0.3) is 0 Å². The highest BCUT2D eigenvalue weighted by molar-refractivity contribution is 7.12. The van der Waals surface area contributed by atoms with Crippen molar-refractivity contribution in [3.05, 3.63) is 46.2 Å². The van der Waals surface area contributed by atoms with E-state index in [1.165, 1.54) is 17.7 Å². The van der Waals surface area contributed by atoms with Crippen LogP contribution in [0.1, 0.15) is 23.8 Å². The number of nitrogens with zero attached hydrogens (tertiary/aromatic N) is 2. The monoisotopic (exact) mass is 400 g/mol. The third-order valence-electron chi connectivity index (χ3n) is 4.11. The van der Waals surface area contributed by atoms with Gasteiger partial charge in [0.05, 0.1) is 10.6 Å². The predicted molar refractivity (Wildman–Crippen MR) is 115 cm³/mol. The van der Waals surface area contributed by atoms with Crippen molar-refractivity contribution >= 4 is 53.4 Å². The van der Waals surface area contributed by atoms with E-state index >= 15 is 0 Å². The lowest BCUT2D eigenvalue weighted by Crippen LogP contribution is -2.35. The van der Waals surface area contributed by atoms with Gasteiger partial charge in [-0.25, -0.2) is 4.99 Å². The van der Waals surface area contributed by atoms with Crippen molar-refractivity contribution in [2.45, 2.75) is 19.8 Å². The quantitative estimate of drug-likeness (QED) is 0.437. The number of halogens is 2. The molecule has 0 saturated carbocycles. The number of anilines is 1. The van der Waals surface area contributed by atoms with Crippen LogP contribution in [-0.4, -0.2) is 32.0 Å². The molecule has 0 atom stereocenters. The first kappa shape index (κ1) is 21.8. The largest absolute Gasteiger partial charge is 0.383 e. The molecule has 25 heavy (non-hydrogen) atoms. The van der Waals surface area contributed by atoms with Crippen LogP contribution in [-0.2, 0) is 6.42 Å². The zero-order valence-electron chi connectivity index (χ0n) is 14.4. The second-order valence-corrected chi connectivity index (χ2v) is 6.68. The fourth-order valence-corrected chi connectivity index (χ4v) is 3.60.